The van der Waals surface area contributed by atoms with Crippen molar-refractivity contribution in [1.29, 1.82) is 0 Å². The van der Waals surface area contributed by atoms with Crippen LogP contribution in [-0.2, 0) is 4.79 Å². The van der Waals surface area contributed by atoms with E-state index in [4.69, 9.17) is 16.6 Å². The summed E-state index contributed by atoms with van der Waals surface area (Å²) in [6, 6.07) is 33.8. The number of aryl methyl sites for hydroxylation is 1. The molecule has 0 aliphatic rings. The van der Waals surface area contributed by atoms with Gasteiger partial charge in [0, 0.05) is 31.6 Å². The van der Waals surface area contributed by atoms with Crippen LogP contribution in [0.3, 0.4) is 0 Å². The fourth-order valence-electron chi connectivity index (χ4n) is 3.97. The predicted octanol–water partition coefficient (Wildman–Crippen LogP) is 8.50. The van der Waals surface area contributed by atoms with Gasteiger partial charge >= 0.3 is 0 Å². The Morgan fingerprint density at radius 1 is 0.846 bits per heavy atom. The number of amides is 2. The Morgan fingerprint density at radius 2 is 1.54 bits per heavy atom. The second-order valence-electron chi connectivity index (χ2n) is 8.68. The first-order chi connectivity index (χ1) is 19.0. The van der Waals surface area contributed by atoms with Crippen molar-refractivity contribution in [2.24, 2.45) is 0 Å². The highest BCUT2D eigenvalue weighted by Crippen LogP contribution is 2.38. The highest BCUT2D eigenvalue weighted by Gasteiger charge is 2.24. The molecule has 1 atom stereocenters. The van der Waals surface area contributed by atoms with E-state index in [1.165, 1.54) is 23.1 Å². The number of thioether (sulfide) groups is 1. The van der Waals surface area contributed by atoms with Gasteiger partial charge in [-0.1, -0.05) is 78.3 Å². The molecule has 0 radical (unpaired) electrons. The van der Waals surface area contributed by atoms with Gasteiger partial charge in [0.15, 0.2) is 5.13 Å². The van der Waals surface area contributed by atoms with Crippen molar-refractivity contribution in [1.82, 2.24) is 4.98 Å². The van der Waals surface area contributed by atoms with E-state index in [9.17, 15) is 9.59 Å². The molecule has 2 amide bonds. The van der Waals surface area contributed by atoms with Gasteiger partial charge < -0.3 is 10.6 Å². The second kappa shape index (κ2) is 12.3. The van der Waals surface area contributed by atoms with Crippen LogP contribution in [0.1, 0.15) is 26.0 Å². The van der Waals surface area contributed by atoms with Gasteiger partial charge in [-0.05, 0) is 55.0 Å². The summed E-state index contributed by atoms with van der Waals surface area (Å²) in [7, 11) is 0. The number of anilines is 2. The molecule has 0 aliphatic carbocycles. The number of hydrogen-bond acceptors (Lipinski definition) is 5. The summed E-state index contributed by atoms with van der Waals surface area (Å²) in [6.07, 6.45) is 0. The minimum absolute atomic E-state index is 0.155. The molecule has 0 fully saturated rings. The Morgan fingerprint density at radius 3 is 2.23 bits per heavy atom. The van der Waals surface area contributed by atoms with Gasteiger partial charge in [0.1, 0.15) is 5.25 Å². The third kappa shape index (κ3) is 6.75. The van der Waals surface area contributed by atoms with Gasteiger partial charge in [-0.25, -0.2) is 4.98 Å². The summed E-state index contributed by atoms with van der Waals surface area (Å²) in [5, 5.41) is 6.49. The van der Waals surface area contributed by atoms with E-state index in [0.29, 0.717) is 21.4 Å². The van der Waals surface area contributed by atoms with Crippen molar-refractivity contribution in [3.63, 3.8) is 0 Å². The number of carbonyl (C=O) groups is 2. The summed E-state index contributed by atoms with van der Waals surface area (Å²) >= 11 is 8.91. The van der Waals surface area contributed by atoms with Crippen molar-refractivity contribution in [2.45, 2.75) is 17.1 Å². The summed E-state index contributed by atoms with van der Waals surface area (Å²) in [4.78, 5) is 32.7. The van der Waals surface area contributed by atoms with E-state index in [0.717, 1.165) is 26.6 Å². The number of halogens is 1. The Hall–Kier alpha value is -3.91. The third-order valence-corrected chi connectivity index (χ3v) is 8.25. The molecule has 0 saturated heterocycles. The van der Waals surface area contributed by atoms with Crippen LogP contribution in [0.25, 0.3) is 11.3 Å². The number of thiazole rings is 1. The lowest BCUT2D eigenvalue weighted by Crippen LogP contribution is -2.19. The highest BCUT2D eigenvalue weighted by atomic mass is 35.5. The Balaban J connectivity index is 1.31. The predicted molar refractivity (Wildman–Crippen MR) is 162 cm³/mol. The number of nitrogens with zero attached hydrogens (tertiary/aromatic N) is 1. The van der Waals surface area contributed by atoms with Crippen LogP contribution in [0, 0.1) is 6.92 Å². The largest absolute Gasteiger partial charge is 0.322 e. The average molecular weight is 570 g/mol. The summed E-state index contributed by atoms with van der Waals surface area (Å²) in [5.41, 5.74) is 3.90. The molecule has 4 aromatic carbocycles. The first-order valence-electron chi connectivity index (χ1n) is 12.2. The number of carbonyl (C=O) groups excluding carboxylic acids is 2. The Bertz CT molecular complexity index is 1590. The van der Waals surface area contributed by atoms with Crippen molar-refractivity contribution in [3.8, 4) is 11.3 Å². The van der Waals surface area contributed by atoms with Crippen molar-refractivity contribution in [2.75, 3.05) is 10.6 Å². The van der Waals surface area contributed by atoms with Gasteiger partial charge in [0.2, 0.25) is 5.91 Å². The minimum atomic E-state index is -0.498. The normalized spacial score (nSPS) is 11.5. The third-order valence-electron chi connectivity index (χ3n) is 5.87. The maximum Gasteiger partial charge on any atom is 0.255 e. The van der Waals surface area contributed by atoms with E-state index >= 15 is 0 Å². The molecular weight excluding hydrogens is 546 g/mol. The molecule has 5 rings (SSSR count). The van der Waals surface area contributed by atoms with Crippen LogP contribution in [-0.4, -0.2) is 16.8 Å². The first-order valence-corrected chi connectivity index (χ1v) is 14.3. The zero-order valence-corrected chi connectivity index (χ0v) is 23.3. The maximum absolute atomic E-state index is 13.5. The molecule has 5 nitrogen and oxygen atoms in total. The lowest BCUT2D eigenvalue weighted by molar-refractivity contribution is -0.115. The van der Waals surface area contributed by atoms with Crippen LogP contribution >= 0.6 is 34.7 Å². The smallest absolute Gasteiger partial charge is 0.255 e. The van der Waals surface area contributed by atoms with Gasteiger partial charge in [-0.2, -0.15) is 0 Å². The van der Waals surface area contributed by atoms with Crippen LogP contribution in [0.5, 0.6) is 0 Å². The molecule has 5 aromatic rings. The average Bonchev–Trinajstić information content (AvgIpc) is 3.33. The molecular formula is C31H24ClN3O2S2. The Labute approximate surface area is 240 Å². The van der Waals surface area contributed by atoms with Crippen molar-refractivity contribution >= 4 is 57.3 Å². The van der Waals surface area contributed by atoms with Gasteiger partial charge in [0.05, 0.1) is 5.69 Å². The number of aromatic nitrogens is 1. The lowest BCUT2D eigenvalue weighted by atomic mass is 10.1. The molecule has 0 saturated carbocycles. The topological polar surface area (TPSA) is 71.1 Å². The van der Waals surface area contributed by atoms with Gasteiger partial charge in [-0.3, -0.25) is 9.59 Å². The second-order valence-corrected chi connectivity index (χ2v) is 11.5. The zero-order valence-electron chi connectivity index (χ0n) is 20.9. The van der Waals surface area contributed by atoms with Gasteiger partial charge in [-0.15, -0.1) is 23.1 Å². The number of rotatable bonds is 8. The zero-order chi connectivity index (χ0) is 27.2. The van der Waals surface area contributed by atoms with E-state index < -0.39 is 5.25 Å². The number of benzene rings is 4. The Kier molecular flexibility index (Phi) is 8.42. The molecule has 0 aliphatic heterocycles. The fraction of sp³-hybridized carbons (Fsp3) is 0.0645. The molecule has 39 heavy (non-hydrogen) atoms. The molecule has 1 unspecified atom stereocenters. The van der Waals surface area contributed by atoms with E-state index in [2.05, 4.69) is 10.6 Å². The van der Waals surface area contributed by atoms with Gasteiger partial charge in [0.25, 0.3) is 5.91 Å². The van der Waals surface area contributed by atoms with Crippen LogP contribution in [0.15, 0.2) is 114 Å². The van der Waals surface area contributed by atoms with E-state index in [-0.39, 0.29) is 11.8 Å². The highest BCUT2D eigenvalue weighted by molar-refractivity contribution is 8.00. The maximum atomic E-state index is 13.5. The van der Waals surface area contributed by atoms with Crippen molar-refractivity contribution < 1.29 is 9.59 Å². The van der Waals surface area contributed by atoms with E-state index in [1.807, 2.05) is 91.9 Å². The lowest BCUT2D eigenvalue weighted by Gasteiger charge is -2.16. The standard InChI is InChI=1S/C31H24ClN3O2S2/c1-20-27(21-9-4-2-5-10-21)34-31(38-20)35-30(37)28(22-11-6-3-7-12-22)39-26-17-15-25(16-18-26)33-29(36)23-13-8-14-24(32)19-23/h2-19,28H,1H3,(H,33,36)(H,34,35,37). The molecule has 0 spiro atoms. The van der Waals surface area contributed by atoms with Crippen LogP contribution in [0.4, 0.5) is 10.8 Å². The van der Waals surface area contributed by atoms with Crippen LogP contribution in [0.2, 0.25) is 5.02 Å². The molecule has 0 bridgehead atoms. The molecule has 2 N–H and O–H groups in total. The minimum Gasteiger partial charge on any atom is -0.322 e. The van der Waals surface area contributed by atoms with Crippen LogP contribution < -0.4 is 10.6 Å². The SMILES string of the molecule is Cc1sc(NC(=O)C(Sc2ccc(NC(=O)c3cccc(Cl)c3)cc2)c2ccccc2)nc1-c1ccccc1. The monoisotopic (exact) mass is 569 g/mol. The van der Waals surface area contributed by atoms with E-state index in [1.54, 1.807) is 24.3 Å². The summed E-state index contributed by atoms with van der Waals surface area (Å²) in [6.45, 7) is 2.01. The van der Waals surface area contributed by atoms with Crippen molar-refractivity contribution in [3.05, 3.63) is 130 Å². The number of nitrogens with one attached hydrogen (secondary N) is 2. The fourth-order valence-corrected chi connectivity index (χ4v) is 6.02. The molecule has 8 heteroatoms. The summed E-state index contributed by atoms with van der Waals surface area (Å²) in [5.74, 6) is -0.397. The quantitative estimate of drug-likeness (QED) is 0.184. The molecule has 194 valence electrons. The molecule has 1 heterocycles. The summed E-state index contributed by atoms with van der Waals surface area (Å²) < 4.78 is 0. The number of hydrogen-bond donors (Lipinski definition) is 2. The molecule has 1 aromatic heterocycles. The first kappa shape index (κ1) is 26.7.